The van der Waals surface area contributed by atoms with E-state index in [4.69, 9.17) is 4.74 Å². The summed E-state index contributed by atoms with van der Waals surface area (Å²) in [5, 5.41) is 23.4. The van der Waals surface area contributed by atoms with E-state index in [1.807, 2.05) is 64.1 Å². The lowest BCUT2D eigenvalue weighted by atomic mass is 9.77. The predicted octanol–water partition coefficient (Wildman–Crippen LogP) is 5.22. The van der Waals surface area contributed by atoms with Gasteiger partial charge in [0.25, 0.3) is 5.91 Å². The van der Waals surface area contributed by atoms with Crippen LogP contribution in [0, 0.1) is 24.7 Å². The van der Waals surface area contributed by atoms with Crippen LogP contribution in [0.1, 0.15) is 86.3 Å². The van der Waals surface area contributed by atoms with E-state index in [2.05, 4.69) is 26.6 Å². The quantitative estimate of drug-likeness (QED) is 0.136. The molecule has 2 heterocycles. The van der Waals surface area contributed by atoms with Gasteiger partial charge in [0.15, 0.2) is 0 Å². The maximum absolute atomic E-state index is 13.9. The second-order valence-electron chi connectivity index (χ2n) is 16.6. The first-order valence-electron chi connectivity index (χ1n) is 19.8. The smallest absolute Gasteiger partial charge is 0.407 e. The molecule has 13 nitrogen and oxygen atoms in total. The van der Waals surface area contributed by atoms with Gasteiger partial charge in [0.05, 0.1) is 19.1 Å². The number of ether oxygens (including phenoxy) is 1. The highest BCUT2D eigenvalue weighted by Gasteiger charge is 2.33. The highest BCUT2D eigenvalue weighted by Crippen LogP contribution is 2.33. The Balaban J connectivity index is 1.10. The highest BCUT2D eigenvalue weighted by atomic mass is 16.6. The molecule has 13 heteroatoms. The molecular weight excluding hydrogens is 727 g/mol. The van der Waals surface area contributed by atoms with Crippen molar-refractivity contribution in [1.82, 2.24) is 16.0 Å². The van der Waals surface area contributed by atoms with Gasteiger partial charge in [-0.2, -0.15) is 0 Å². The summed E-state index contributed by atoms with van der Waals surface area (Å²) >= 11 is 0. The lowest BCUT2D eigenvalue weighted by Gasteiger charge is -2.29. The fourth-order valence-electron chi connectivity index (χ4n) is 7.91. The maximum Gasteiger partial charge on any atom is 0.407 e. The van der Waals surface area contributed by atoms with Crippen LogP contribution in [0.15, 0.2) is 60.7 Å². The number of Topliss-reactive ketones (excluding diaryl/α,β-unsaturated/α-hetero) is 1. The van der Waals surface area contributed by atoms with Crippen molar-refractivity contribution in [2.24, 2.45) is 17.8 Å². The number of aliphatic hydroxyl groups is 1. The molecule has 0 aromatic heterocycles. The largest absolute Gasteiger partial charge is 0.444 e. The van der Waals surface area contributed by atoms with Gasteiger partial charge < -0.3 is 36.4 Å². The Hall–Kier alpha value is -5.56. The van der Waals surface area contributed by atoms with Crippen LogP contribution in [0.5, 0.6) is 0 Å². The van der Waals surface area contributed by atoms with E-state index >= 15 is 0 Å². The van der Waals surface area contributed by atoms with E-state index < -0.39 is 23.7 Å². The van der Waals surface area contributed by atoms with Crippen LogP contribution in [0.2, 0.25) is 0 Å². The number of nitrogens with one attached hydrogen (secondary N) is 5. The third-order valence-corrected chi connectivity index (χ3v) is 11.0. The molecule has 6 N–H and O–H groups in total. The maximum atomic E-state index is 13.9. The second kappa shape index (κ2) is 17.7. The van der Waals surface area contributed by atoms with Crippen LogP contribution < -0.4 is 26.6 Å². The van der Waals surface area contributed by atoms with Crippen LogP contribution in [-0.2, 0) is 36.8 Å². The summed E-state index contributed by atoms with van der Waals surface area (Å²) in [6.07, 6.45) is 3.54. The Kier molecular flexibility index (Phi) is 12.8. The average Bonchev–Trinajstić information content (AvgIpc) is 3.73. The molecule has 0 radical (unpaired) electrons. The zero-order chi connectivity index (χ0) is 40.9. The second-order valence-corrected chi connectivity index (χ2v) is 16.6. The van der Waals surface area contributed by atoms with Crippen LogP contribution in [-0.4, -0.2) is 71.4 Å². The van der Waals surface area contributed by atoms with Gasteiger partial charge in [-0.1, -0.05) is 36.4 Å². The molecule has 3 atom stereocenters. The van der Waals surface area contributed by atoms with Gasteiger partial charge in [0.2, 0.25) is 17.7 Å². The van der Waals surface area contributed by atoms with Crippen molar-refractivity contribution in [1.29, 1.82) is 0 Å². The number of ketones is 1. The van der Waals surface area contributed by atoms with Crippen molar-refractivity contribution < 1.29 is 38.6 Å². The van der Waals surface area contributed by atoms with E-state index in [-0.39, 0.29) is 60.3 Å². The topological polar surface area (TPSA) is 192 Å². The predicted molar refractivity (Wildman–Crippen MR) is 215 cm³/mol. The molecule has 0 spiro atoms. The highest BCUT2D eigenvalue weighted by molar-refractivity contribution is 6.02. The lowest BCUT2D eigenvalue weighted by Crippen LogP contribution is -2.40. The van der Waals surface area contributed by atoms with Gasteiger partial charge in [-0.25, -0.2) is 4.79 Å². The number of fused-ring (bicyclic) bond motifs is 1. The molecule has 1 saturated heterocycles. The zero-order valence-electron chi connectivity index (χ0n) is 33.0. The monoisotopic (exact) mass is 779 g/mol. The van der Waals surface area contributed by atoms with Gasteiger partial charge in [0, 0.05) is 41.7 Å². The van der Waals surface area contributed by atoms with Crippen LogP contribution in [0.3, 0.4) is 0 Å². The number of anilines is 2. The summed E-state index contributed by atoms with van der Waals surface area (Å²) < 4.78 is 5.36. The van der Waals surface area contributed by atoms with Gasteiger partial charge in [-0.05, 0) is 124 Å². The van der Waals surface area contributed by atoms with E-state index in [9.17, 15) is 33.9 Å². The molecule has 3 aromatic rings. The van der Waals surface area contributed by atoms with Crippen molar-refractivity contribution in [2.45, 2.75) is 96.7 Å². The molecule has 0 bridgehead atoms. The molecule has 57 heavy (non-hydrogen) atoms. The number of alkyl carbamates (subject to hydrolysis) is 1. The summed E-state index contributed by atoms with van der Waals surface area (Å²) in [6.45, 7) is 7.67. The van der Waals surface area contributed by atoms with Gasteiger partial charge in [0.1, 0.15) is 17.4 Å². The standard InChI is InChI=1S/C44H53N5O8/c1-25-17-31(40(53)49-37-22-34(24-50)47-42(37)55)14-16-35(25)28-9-5-26(6-10-28)18-32(41(54)46-33-15-13-30-20-39(52)48-36(30)21-33)19-38(51)29-11-7-27(8-12-29)23-45-43(56)57-44(2,3)4/h5-6,9-10,13-17,21,27,29,32,34,37,50H,7-8,11-12,18-20,22-24H2,1-4H3,(H,45,56)(H,46,54)(H,47,55)(H,48,52)(H,49,53)/t27?,29?,32-,34+,37-/m1/s1. The summed E-state index contributed by atoms with van der Waals surface area (Å²) in [5.41, 5.74) is 5.50. The summed E-state index contributed by atoms with van der Waals surface area (Å²) in [6, 6.07) is 17.4. The number of aliphatic hydroxyl groups excluding tert-OH is 1. The van der Waals surface area contributed by atoms with Crippen molar-refractivity contribution in [3.8, 4) is 11.1 Å². The molecular formula is C44H53N5O8. The SMILES string of the molecule is Cc1cc(C(=O)N[C@@H]2C[C@@H](CO)NC2=O)ccc1-c1ccc(C[C@H](CC(=O)C2CCC(CNC(=O)OC(C)(C)C)CC2)C(=O)Nc2ccc3c(c2)NC(=O)C3)cc1. The minimum atomic E-state index is -0.700. The van der Waals surface area contributed by atoms with Crippen LogP contribution in [0.4, 0.5) is 16.2 Å². The number of carbonyl (C=O) groups excluding carboxylic acids is 6. The van der Waals surface area contributed by atoms with Crippen LogP contribution >= 0.6 is 0 Å². The fourth-order valence-corrected chi connectivity index (χ4v) is 7.91. The Morgan fingerprint density at radius 1 is 0.947 bits per heavy atom. The first-order valence-corrected chi connectivity index (χ1v) is 19.8. The van der Waals surface area contributed by atoms with E-state index in [1.54, 1.807) is 24.3 Å². The number of rotatable bonds is 13. The lowest BCUT2D eigenvalue weighted by molar-refractivity contribution is -0.129. The Bertz CT molecular complexity index is 2020. The summed E-state index contributed by atoms with van der Waals surface area (Å²) in [4.78, 5) is 76.9. The van der Waals surface area contributed by atoms with Gasteiger partial charge in [-0.3, -0.25) is 24.0 Å². The number of hydrogen-bond donors (Lipinski definition) is 6. The Morgan fingerprint density at radius 2 is 1.68 bits per heavy atom. The van der Waals surface area contributed by atoms with E-state index in [0.717, 1.165) is 40.7 Å². The molecule has 1 saturated carbocycles. The van der Waals surface area contributed by atoms with Crippen molar-refractivity contribution in [2.75, 3.05) is 23.8 Å². The molecule has 6 rings (SSSR count). The number of benzene rings is 3. The molecule has 3 aromatic carbocycles. The molecule has 1 aliphatic carbocycles. The number of hydrogen-bond acceptors (Lipinski definition) is 8. The number of carbonyl (C=O) groups is 6. The minimum Gasteiger partial charge on any atom is -0.444 e. The Labute approximate surface area is 333 Å². The first-order chi connectivity index (χ1) is 27.1. The molecule has 0 unspecified atom stereocenters. The minimum absolute atomic E-state index is 0.0491. The fraction of sp³-hybridized carbons (Fsp3) is 0.455. The normalized spacial score (nSPS) is 20.8. The number of aryl methyl sites for hydroxylation is 1. The molecule has 302 valence electrons. The summed E-state index contributed by atoms with van der Waals surface area (Å²) in [7, 11) is 0. The molecule has 2 fully saturated rings. The van der Waals surface area contributed by atoms with Crippen molar-refractivity contribution in [3.05, 3.63) is 82.9 Å². The first kappa shape index (κ1) is 41.1. The zero-order valence-corrected chi connectivity index (χ0v) is 33.0. The van der Waals surface area contributed by atoms with Gasteiger partial charge in [-0.15, -0.1) is 0 Å². The third-order valence-electron chi connectivity index (χ3n) is 11.0. The number of amides is 5. The van der Waals surface area contributed by atoms with Crippen molar-refractivity contribution in [3.63, 3.8) is 0 Å². The van der Waals surface area contributed by atoms with Gasteiger partial charge >= 0.3 is 6.09 Å². The Morgan fingerprint density at radius 3 is 2.35 bits per heavy atom. The van der Waals surface area contributed by atoms with Crippen molar-refractivity contribution >= 4 is 46.9 Å². The van der Waals surface area contributed by atoms with Crippen LogP contribution in [0.25, 0.3) is 11.1 Å². The van der Waals surface area contributed by atoms with E-state index in [1.165, 1.54) is 0 Å². The molecule has 5 amide bonds. The third kappa shape index (κ3) is 10.9. The molecule has 2 aliphatic heterocycles. The summed E-state index contributed by atoms with van der Waals surface area (Å²) in [5.74, 6) is -1.58. The van der Waals surface area contributed by atoms with E-state index in [0.29, 0.717) is 55.6 Å². The molecule has 3 aliphatic rings. The average molecular weight is 780 g/mol.